The van der Waals surface area contributed by atoms with E-state index in [-0.39, 0.29) is 5.91 Å². The van der Waals surface area contributed by atoms with E-state index in [1.165, 1.54) is 23.1 Å². The Bertz CT molecular complexity index is 1420. The average Bonchev–Trinajstić information content (AvgIpc) is 3.47. The number of carbonyl (C=O) groups is 1. The Balaban J connectivity index is 1.35. The van der Waals surface area contributed by atoms with Gasteiger partial charge in [0.15, 0.2) is 5.16 Å². The van der Waals surface area contributed by atoms with Gasteiger partial charge in [0, 0.05) is 28.0 Å². The first-order valence-electron chi connectivity index (χ1n) is 9.66. The van der Waals surface area contributed by atoms with Crippen LogP contribution in [0.2, 0.25) is 5.02 Å². The molecular weight excluding hydrogens is 464 g/mol. The number of hydrogen-bond acceptors (Lipinski definition) is 6. The van der Waals surface area contributed by atoms with E-state index in [4.69, 9.17) is 11.6 Å². The van der Waals surface area contributed by atoms with Crippen molar-refractivity contribution >= 4 is 56.5 Å². The highest BCUT2D eigenvalue weighted by atomic mass is 35.5. The Morgan fingerprint density at radius 3 is 2.56 bits per heavy atom. The van der Waals surface area contributed by atoms with Crippen molar-refractivity contribution in [1.82, 2.24) is 24.5 Å². The molecule has 5 rings (SSSR count). The molecule has 0 bridgehead atoms. The first kappa shape index (κ1) is 20.7. The molecule has 1 N–H and O–H groups in total. The maximum Gasteiger partial charge on any atom is 0.265 e. The van der Waals surface area contributed by atoms with Crippen LogP contribution in [0.1, 0.15) is 15.4 Å². The van der Waals surface area contributed by atoms with Crippen LogP contribution in [0.3, 0.4) is 0 Å². The van der Waals surface area contributed by atoms with Gasteiger partial charge in [-0.2, -0.15) is 5.10 Å². The van der Waals surface area contributed by atoms with Crippen molar-refractivity contribution in [2.75, 3.05) is 5.32 Å². The number of aryl methyl sites for hydroxylation is 2. The van der Waals surface area contributed by atoms with Gasteiger partial charge >= 0.3 is 0 Å². The molecule has 10 heteroatoms. The molecule has 0 fully saturated rings. The highest BCUT2D eigenvalue weighted by Gasteiger charge is 2.17. The minimum Gasteiger partial charge on any atom is -0.321 e. The number of rotatable bonds is 5. The summed E-state index contributed by atoms with van der Waals surface area (Å²) in [5, 5.41) is 18.0. The molecule has 3 aromatic heterocycles. The Hall–Kier alpha value is -3.14. The second-order valence-electron chi connectivity index (χ2n) is 7.11. The first-order valence-corrected chi connectivity index (χ1v) is 11.7. The number of nitrogens with one attached hydrogen (secondary N) is 1. The quantitative estimate of drug-likeness (QED) is 0.355. The summed E-state index contributed by atoms with van der Waals surface area (Å²) in [7, 11) is 1.90. The lowest BCUT2D eigenvalue weighted by Crippen LogP contribution is -2.10. The van der Waals surface area contributed by atoms with Crippen LogP contribution in [0, 0.1) is 6.92 Å². The van der Waals surface area contributed by atoms with Gasteiger partial charge in [-0.1, -0.05) is 11.6 Å². The summed E-state index contributed by atoms with van der Waals surface area (Å²) >= 11 is 8.93. The second-order valence-corrected chi connectivity index (χ2v) is 9.62. The monoisotopic (exact) mass is 480 g/mol. The van der Waals surface area contributed by atoms with Gasteiger partial charge < -0.3 is 9.88 Å². The molecule has 0 saturated carbocycles. The third-order valence-corrected chi connectivity index (χ3v) is 7.25. The number of carbonyl (C=O) groups excluding carboxylic acids is 1. The molecule has 2 aromatic carbocycles. The molecule has 3 heterocycles. The van der Waals surface area contributed by atoms with Crippen LogP contribution in [-0.4, -0.2) is 30.5 Å². The summed E-state index contributed by atoms with van der Waals surface area (Å²) in [6, 6.07) is 17.0. The average molecular weight is 481 g/mol. The van der Waals surface area contributed by atoms with Gasteiger partial charge in [-0.3, -0.25) is 4.79 Å². The predicted molar refractivity (Wildman–Crippen MR) is 128 cm³/mol. The van der Waals surface area contributed by atoms with Crippen LogP contribution in [0.25, 0.3) is 15.9 Å². The molecule has 1 amide bonds. The molecule has 0 unspecified atom stereocenters. The molecule has 32 heavy (non-hydrogen) atoms. The zero-order valence-corrected chi connectivity index (χ0v) is 19.5. The Morgan fingerprint density at radius 1 is 1.12 bits per heavy atom. The molecule has 0 saturated heterocycles. The van der Waals surface area contributed by atoms with Gasteiger partial charge in [-0.05, 0) is 73.3 Å². The largest absolute Gasteiger partial charge is 0.321 e. The fourth-order valence-corrected chi connectivity index (χ4v) is 5.15. The third-order valence-electron chi connectivity index (χ3n) is 4.83. The van der Waals surface area contributed by atoms with Crippen molar-refractivity contribution in [1.29, 1.82) is 0 Å². The van der Waals surface area contributed by atoms with Gasteiger partial charge in [0.2, 0.25) is 0 Å². The summed E-state index contributed by atoms with van der Waals surface area (Å²) in [5.74, 6) is -0.151. The van der Waals surface area contributed by atoms with E-state index in [9.17, 15) is 4.79 Å². The Labute approximate surface area is 197 Å². The molecule has 0 radical (unpaired) electrons. The molecule has 0 aliphatic carbocycles. The lowest BCUT2D eigenvalue weighted by molar-refractivity contribution is 0.103. The summed E-state index contributed by atoms with van der Waals surface area (Å²) < 4.78 is 3.70. The number of thiophene rings is 1. The zero-order valence-electron chi connectivity index (χ0n) is 17.1. The van der Waals surface area contributed by atoms with Gasteiger partial charge in [0.1, 0.15) is 11.2 Å². The zero-order chi connectivity index (χ0) is 22.2. The van der Waals surface area contributed by atoms with E-state index < -0.39 is 0 Å². The summed E-state index contributed by atoms with van der Waals surface area (Å²) in [6.07, 6.45) is 1.66. The first-order chi connectivity index (χ1) is 15.5. The van der Waals surface area contributed by atoms with Crippen molar-refractivity contribution in [3.05, 3.63) is 76.5 Å². The normalized spacial score (nSPS) is 11.2. The number of halogens is 1. The van der Waals surface area contributed by atoms with Crippen LogP contribution in [-0.2, 0) is 7.05 Å². The van der Waals surface area contributed by atoms with E-state index in [1.807, 2.05) is 77.8 Å². The van der Waals surface area contributed by atoms with Crippen LogP contribution in [0.15, 0.2) is 71.0 Å². The van der Waals surface area contributed by atoms with Crippen LogP contribution in [0.4, 0.5) is 5.69 Å². The number of fused-ring (bicyclic) bond motifs is 1. The Morgan fingerprint density at radius 2 is 1.88 bits per heavy atom. The van der Waals surface area contributed by atoms with Crippen LogP contribution < -0.4 is 5.32 Å². The van der Waals surface area contributed by atoms with Gasteiger partial charge in [0.05, 0.1) is 16.3 Å². The van der Waals surface area contributed by atoms with Gasteiger partial charge in [0.25, 0.3) is 5.91 Å². The number of amides is 1. The topological polar surface area (TPSA) is 77.6 Å². The molecule has 5 aromatic rings. The minimum atomic E-state index is -0.151. The third kappa shape index (κ3) is 4.02. The fraction of sp³-hybridized carbons (Fsp3) is 0.0909. The molecule has 0 aliphatic rings. The standard InChI is InChI=1S/C22H17ClN6OS2/c1-13-18-11-19(32-21(18)29(27-13)16-7-3-14(23)4-8-16)20(30)25-15-5-9-17(10-6-15)31-22-26-24-12-28(22)2/h3-12H,1-2H3,(H,25,30). The molecule has 0 aliphatic heterocycles. The lowest BCUT2D eigenvalue weighted by Gasteiger charge is -2.05. The van der Waals surface area contributed by atoms with E-state index >= 15 is 0 Å². The van der Waals surface area contributed by atoms with E-state index in [0.717, 1.165) is 37.3 Å². The molecule has 0 atom stereocenters. The molecule has 0 spiro atoms. The molecule has 160 valence electrons. The second kappa shape index (κ2) is 8.42. The number of benzene rings is 2. The van der Waals surface area contributed by atoms with Crippen molar-refractivity contribution < 1.29 is 4.79 Å². The maximum atomic E-state index is 12.9. The van der Waals surface area contributed by atoms with Crippen molar-refractivity contribution in [2.24, 2.45) is 7.05 Å². The highest BCUT2D eigenvalue weighted by molar-refractivity contribution is 7.99. The Kier molecular flexibility index (Phi) is 5.46. The molecular formula is C22H17ClN6OS2. The highest BCUT2D eigenvalue weighted by Crippen LogP contribution is 2.32. The predicted octanol–water partition coefficient (Wildman–Crippen LogP) is 5.58. The van der Waals surface area contributed by atoms with E-state index in [1.54, 1.807) is 6.33 Å². The SMILES string of the molecule is Cc1nn(-c2ccc(Cl)cc2)c2sc(C(=O)Nc3ccc(Sc4nncn4C)cc3)cc12. The van der Waals surface area contributed by atoms with Crippen LogP contribution in [0.5, 0.6) is 0 Å². The number of hydrogen-bond donors (Lipinski definition) is 1. The van der Waals surface area contributed by atoms with E-state index in [0.29, 0.717) is 9.90 Å². The summed E-state index contributed by atoms with van der Waals surface area (Å²) in [5.41, 5.74) is 2.50. The number of nitrogens with zero attached hydrogens (tertiary/aromatic N) is 5. The number of anilines is 1. The van der Waals surface area contributed by atoms with Gasteiger partial charge in [-0.15, -0.1) is 21.5 Å². The minimum absolute atomic E-state index is 0.151. The maximum absolute atomic E-state index is 12.9. The molecule has 7 nitrogen and oxygen atoms in total. The van der Waals surface area contributed by atoms with Crippen molar-refractivity contribution in [3.63, 3.8) is 0 Å². The smallest absolute Gasteiger partial charge is 0.265 e. The fourth-order valence-electron chi connectivity index (χ4n) is 3.19. The van der Waals surface area contributed by atoms with Crippen LogP contribution >= 0.6 is 34.7 Å². The van der Waals surface area contributed by atoms with E-state index in [2.05, 4.69) is 20.6 Å². The number of aromatic nitrogens is 5. The van der Waals surface area contributed by atoms with Crippen molar-refractivity contribution in [3.8, 4) is 5.69 Å². The van der Waals surface area contributed by atoms with Crippen molar-refractivity contribution in [2.45, 2.75) is 17.0 Å². The summed E-state index contributed by atoms with van der Waals surface area (Å²) in [4.78, 5) is 15.5. The lowest BCUT2D eigenvalue weighted by atomic mass is 10.3. The summed E-state index contributed by atoms with van der Waals surface area (Å²) in [6.45, 7) is 1.94. The van der Waals surface area contributed by atoms with Gasteiger partial charge in [-0.25, -0.2) is 4.68 Å².